The maximum atomic E-state index is 13.1. The molecule has 28 heavy (non-hydrogen) atoms. The molecule has 3 aromatic rings. The quantitative estimate of drug-likeness (QED) is 0.689. The molecule has 2 aromatic heterocycles. The largest absolute Gasteiger partial charge is 0.482 e. The van der Waals surface area contributed by atoms with Crippen molar-refractivity contribution < 1.29 is 14.3 Å². The molecule has 1 unspecified atom stereocenters. The second-order valence-electron chi connectivity index (χ2n) is 7.08. The molecule has 0 bridgehead atoms. The molecule has 1 aromatic carbocycles. The van der Waals surface area contributed by atoms with E-state index in [0.717, 1.165) is 29.7 Å². The number of benzene rings is 1. The van der Waals surface area contributed by atoms with Gasteiger partial charge in [-0.2, -0.15) is 0 Å². The highest BCUT2D eigenvalue weighted by molar-refractivity contribution is 7.18. The summed E-state index contributed by atoms with van der Waals surface area (Å²) < 4.78 is 6.74. The normalized spacial score (nSPS) is 16.2. The molecule has 1 atom stereocenters. The average Bonchev–Trinajstić information content (AvgIpc) is 3.27. The first-order chi connectivity index (χ1) is 13.5. The van der Waals surface area contributed by atoms with E-state index in [0.29, 0.717) is 22.4 Å². The van der Waals surface area contributed by atoms with Crippen molar-refractivity contribution in [2.24, 2.45) is 0 Å². The molecule has 142 valence electrons. The topological polar surface area (TPSA) is 90.3 Å². The van der Waals surface area contributed by atoms with Gasteiger partial charge in [0.05, 0.1) is 23.4 Å². The van der Waals surface area contributed by atoms with E-state index in [-0.39, 0.29) is 23.9 Å². The highest BCUT2D eigenvalue weighted by atomic mass is 32.1. The lowest BCUT2D eigenvalue weighted by atomic mass is 10.0. The minimum atomic E-state index is -0.709. The van der Waals surface area contributed by atoms with Crippen LogP contribution in [0.5, 0.6) is 5.75 Å². The second-order valence-corrected chi connectivity index (χ2v) is 8.17. The van der Waals surface area contributed by atoms with Crippen molar-refractivity contribution in [1.29, 1.82) is 0 Å². The smallest absolute Gasteiger partial charge is 0.263 e. The maximum Gasteiger partial charge on any atom is 0.263 e. The third kappa shape index (κ3) is 2.56. The van der Waals surface area contributed by atoms with E-state index < -0.39 is 6.04 Å². The molecule has 2 aliphatic rings. The van der Waals surface area contributed by atoms with E-state index in [4.69, 9.17) is 4.74 Å². The third-order valence-electron chi connectivity index (χ3n) is 5.34. The molecule has 0 spiro atoms. The van der Waals surface area contributed by atoms with Crippen LogP contribution in [0.3, 0.4) is 0 Å². The van der Waals surface area contributed by atoms with Gasteiger partial charge in [-0.3, -0.25) is 19.0 Å². The fourth-order valence-electron chi connectivity index (χ4n) is 3.88. The number of hydrogen-bond acceptors (Lipinski definition) is 6. The zero-order valence-corrected chi connectivity index (χ0v) is 16.0. The Bertz CT molecular complexity index is 1210. The molecule has 0 fully saturated rings. The standard InChI is InChI=1S/C20H17N3O4S/c1-10(18(25)11-5-6-14-13(7-11)22-16(24)8-27-14)23-9-21-19-17(20(23)26)12-3-2-4-15(12)28-19/h5-7,9-10H,2-4,8H2,1H3,(H,22,24). The van der Waals surface area contributed by atoms with E-state index in [1.807, 2.05) is 0 Å². The van der Waals surface area contributed by atoms with Crippen LogP contribution >= 0.6 is 11.3 Å². The lowest BCUT2D eigenvalue weighted by molar-refractivity contribution is -0.118. The molecule has 7 nitrogen and oxygen atoms in total. The van der Waals surface area contributed by atoms with Crippen molar-refractivity contribution in [3.63, 3.8) is 0 Å². The lowest BCUT2D eigenvalue weighted by Gasteiger charge is -2.19. The monoisotopic (exact) mass is 395 g/mol. The Hall–Kier alpha value is -3.00. The minimum Gasteiger partial charge on any atom is -0.482 e. The van der Waals surface area contributed by atoms with Gasteiger partial charge in [-0.25, -0.2) is 4.98 Å². The van der Waals surface area contributed by atoms with Crippen molar-refractivity contribution in [2.45, 2.75) is 32.2 Å². The van der Waals surface area contributed by atoms with Crippen LogP contribution in [0.15, 0.2) is 29.3 Å². The summed E-state index contributed by atoms with van der Waals surface area (Å²) in [6, 6.07) is 4.18. The molecule has 0 saturated carbocycles. The average molecular weight is 395 g/mol. The van der Waals surface area contributed by atoms with Crippen molar-refractivity contribution >= 4 is 38.9 Å². The molecule has 0 radical (unpaired) electrons. The molecule has 8 heteroatoms. The van der Waals surface area contributed by atoms with Crippen LogP contribution in [0.2, 0.25) is 0 Å². The minimum absolute atomic E-state index is 0.0390. The number of Topliss-reactive ketones (excluding diaryl/α,β-unsaturated/α-hetero) is 1. The summed E-state index contributed by atoms with van der Waals surface area (Å²) in [5.74, 6) is 0.0398. The highest BCUT2D eigenvalue weighted by Gasteiger charge is 2.25. The summed E-state index contributed by atoms with van der Waals surface area (Å²) in [6.07, 6.45) is 4.40. The first-order valence-corrected chi connectivity index (χ1v) is 9.97. The lowest BCUT2D eigenvalue weighted by Crippen LogP contribution is -2.29. The Labute approximate surface area is 164 Å². The number of amides is 1. The highest BCUT2D eigenvalue weighted by Crippen LogP contribution is 2.35. The van der Waals surface area contributed by atoms with Gasteiger partial charge in [-0.1, -0.05) is 0 Å². The maximum absolute atomic E-state index is 13.1. The fraction of sp³-hybridized carbons (Fsp3) is 0.300. The molecular formula is C20H17N3O4S. The van der Waals surface area contributed by atoms with Crippen LogP contribution < -0.4 is 15.6 Å². The number of nitrogens with zero attached hydrogens (tertiary/aromatic N) is 2. The summed E-state index contributed by atoms with van der Waals surface area (Å²) in [6.45, 7) is 1.65. The molecule has 0 saturated heterocycles. The molecule has 5 rings (SSSR count). The Morgan fingerprint density at radius 2 is 2.18 bits per heavy atom. The number of ether oxygens (including phenoxy) is 1. The van der Waals surface area contributed by atoms with Crippen LogP contribution in [0.25, 0.3) is 10.2 Å². The van der Waals surface area contributed by atoms with Crippen LogP contribution in [0, 0.1) is 0 Å². The molecule has 1 aliphatic carbocycles. The van der Waals surface area contributed by atoms with Gasteiger partial charge in [-0.15, -0.1) is 11.3 Å². The number of hydrogen-bond donors (Lipinski definition) is 1. The number of thiophene rings is 1. The van der Waals surface area contributed by atoms with Crippen LogP contribution in [-0.2, 0) is 17.6 Å². The number of carbonyl (C=O) groups is 2. The summed E-state index contributed by atoms with van der Waals surface area (Å²) in [7, 11) is 0. The zero-order chi connectivity index (χ0) is 19.4. The third-order valence-corrected chi connectivity index (χ3v) is 6.54. The summed E-state index contributed by atoms with van der Waals surface area (Å²) in [4.78, 5) is 44.1. The number of carbonyl (C=O) groups excluding carboxylic acids is 2. The second kappa shape index (κ2) is 6.27. The summed E-state index contributed by atoms with van der Waals surface area (Å²) in [5.41, 5.74) is 1.80. The first-order valence-electron chi connectivity index (χ1n) is 9.15. The zero-order valence-electron chi connectivity index (χ0n) is 15.2. The van der Waals surface area contributed by atoms with Crippen molar-refractivity contribution in [3.05, 3.63) is 50.9 Å². The number of nitrogens with one attached hydrogen (secondary N) is 1. The number of anilines is 1. The van der Waals surface area contributed by atoms with Gasteiger partial charge in [-0.05, 0) is 49.9 Å². The molecule has 3 heterocycles. The number of fused-ring (bicyclic) bond motifs is 4. The van der Waals surface area contributed by atoms with Crippen LogP contribution in [-0.4, -0.2) is 27.8 Å². The Morgan fingerprint density at radius 3 is 3.04 bits per heavy atom. The SMILES string of the molecule is CC(C(=O)c1ccc2c(c1)NC(=O)CO2)n1cnc2sc3c(c2c1=O)CCC3. The van der Waals surface area contributed by atoms with Gasteiger partial charge in [0.25, 0.3) is 11.5 Å². The molecule has 1 aliphatic heterocycles. The predicted octanol–water partition coefficient (Wildman–Crippen LogP) is 2.72. The van der Waals surface area contributed by atoms with E-state index in [1.54, 1.807) is 36.5 Å². The van der Waals surface area contributed by atoms with E-state index in [9.17, 15) is 14.4 Å². The van der Waals surface area contributed by atoms with Crippen LogP contribution in [0.1, 0.15) is 40.2 Å². The predicted molar refractivity (Wildman–Crippen MR) is 106 cm³/mol. The van der Waals surface area contributed by atoms with E-state index in [1.165, 1.54) is 15.8 Å². The number of aryl methyl sites for hydroxylation is 2. The Balaban J connectivity index is 1.53. The summed E-state index contributed by atoms with van der Waals surface area (Å²) in [5, 5.41) is 3.36. The van der Waals surface area contributed by atoms with Gasteiger partial charge in [0, 0.05) is 10.4 Å². The van der Waals surface area contributed by atoms with Crippen molar-refractivity contribution in [2.75, 3.05) is 11.9 Å². The van der Waals surface area contributed by atoms with Gasteiger partial charge >= 0.3 is 0 Å². The van der Waals surface area contributed by atoms with E-state index in [2.05, 4.69) is 10.3 Å². The van der Waals surface area contributed by atoms with Gasteiger partial charge in [0.1, 0.15) is 10.6 Å². The van der Waals surface area contributed by atoms with Gasteiger partial charge in [0.2, 0.25) is 0 Å². The van der Waals surface area contributed by atoms with Crippen LogP contribution in [0.4, 0.5) is 5.69 Å². The fourth-order valence-corrected chi connectivity index (χ4v) is 5.10. The number of aromatic nitrogens is 2. The molecule has 1 amide bonds. The van der Waals surface area contributed by atoms with Crippen molar-refractivity contribution in [3.8, 4) is 5.75 Å². The molecule has 1 N–H and O–H groups in total. The Kier molecular flexibility index (Phi) is 3.83. The number of rotatable bonds is 3. The van der Waals surface area contributed by atoms with Gasteiger partial charge in [0.15, 0.2) is 12.4 Å². The first kappa shape index (κ1) is 17.1. The molecular weight excluding hydrogens is 378 g/mol. The number of ketones is 1. The summed E-state index contributed by atoms with van der Waals surface area (Å²) >= 11 is 1.58. The van der Waals surface area contributed by atoms with Gasteiger partial charge < -0.3 is 10.1 Å². The van der Waals surface area contributed by atoms with E-state index >= 15 is 0 Å². The Morgan fingerprint density at radius 1 is 1.32 bits per heavy atom. The van der Waals surface area contributed by atoms with Crippen molar-refractivity contribution in [1.82, 2.24) is 9.55 Å².